The SMILES string of the molecule is Cn1c(SCC(=O)Nc2ccc3c(c2)CCC3)nnc1-c1ccc(Cl)cc1. The number of nitrogens with zero attached hydrogens (tertiary/aromatic N) is 3. The van der Waals surface area contributed by atoms with E-state index in [0.717, 1.165) is 29.9 Å². The molecule has 5 nitrogen and oxygen atoms in total. The van der Waals surface area contributed by atoms with Crippen LogP contribution < -0.4 is 5.32 Å². The largest absolute Gasteiger partial charge is 0.325 e. The van der Waals surface area contributed by atoms with Crippen LogP contribution in [0.25, 0.3) is 11.4 Å². The Bertz CT molecular complexity index is 984. The molecule has 1 N–H and O–H groups in total. The molecule has 0 fully saturated rings. The van der Waals surface area contributed by atoms with Crippen LogP contribution in [0, 0.1) is 0 Å². The number of halogens is 1. The van der Waals surface area contributed by atoms with E-state index < -0.39 is 0 Å². The van der Waals surface area contributed by atoms with Crippen LogP contribution in [0.4, 0.5) is 5.69 Å². The normalized spacial score (nSPS) is 12.8. The van der Waals surface area contributed by atoms with E-state index in [-0.39, 0.29) is 11.7 Å². The van der Waals surface area contributed by atoms with Crippen molar-refractivity contribution in [3.05, 3.63) is 58.6 Å². The van der Waals surface area contributed by atoms with Crippen molar-refractivity contribution in [3.63, 3.8) is 0 Å². The molecule has 138 valence electrons. The van der Waals surface area contributed by atoms with E-state index in [1.165, 1.54) is 29.3 Å². The second kappa shape index (κ2) is 7.74. The maximum Gasteiger partial charge on any atom is 0.234 e. The van der Waals surface area contributed by atoms with Gasteiger partial charge in [-0.15, -0.1) is 10.2 Å². The third-order valence-electron chi connectivity index (χ3n) is 4.65. The van der Waals surface area contributed by atoms with Crippen LogP contribution in [0.1, 0.15) is 17.5 Å². The van der Waals surface area contributed by atoms with E-state index in [2.05, 4.69) is 27.6 Å². The van der Waals surface area contributed by atoms with Crippen LogP contribution in [0.3, 0.4) is 0 Å². The molecule has 0 radical (unpaired) electrons. The Morgan fingerprint density at radius 3 is 2.74 bits per heavy atom. The van der Waals surface area contributed by atoms with Crippen molar-refractivity contribution in [1.29, 1.82) is 0 Å². The molecular weight excluding hydrogens is 380 g/mol. The molecule has 1 heterocycles. The zero-order valence-corrected chi connectivity index (χ0v) is 16.5. The Labute approximate surface area is 167 Å². The van der Waals surface area contributed by atoms with Gasteiger partial charge >= 0.3 is 0 Å². The van der Waals surface area contributed by atoms with Crippen molar-refractivity contribution in [2.75, 3.05) is 11.1 Å². The third kappa shape index (κ3) is 4.01. The summed E-state index contributed by atoms with van der Waals surface area (Å²) in [5, 5.41) is 12.8. The lowest BCUT2D eigenvalue weighted by atomic mass is 10.1. The van der Waals surface area contributed by atoms with Crippen molar-refractivity contribution < 1.29 is 4.79 Å². The van der Waals surface area contributed by atoms with Gasteiger partial charge < -0.3 is 9.88 Å². The maximum atomic E-state index is 12.3. The molecule has 0 saturated carbocycles. The minimum absolute atomic E-state index is 0.0472. The molecule has 3 aromatic rings. The van der Waals surface area contributed by atoms with Crippen molar-refractivity contribution in [2.45, 2.75) is 24.4 Å². The number of benzene rings is 2. The molecule has 7 heteroatoms. The first-order chi connectivity index (χ1) is 13.1. The zero-order chi connectivity index (χ0) is 18.8. The highest BCUT2D eigenvalue weighted by Gasteiger charge is 2.14. The monoisotopic (exact) mass is 398 g/mol. The second-order valence-electron chi connectivity index (χ2n) is 6.55. The summed E-state index contributed by atoms with van der Waals surface area (Å²) in [5.41, 5.74) is 4.54. The number of nitrogens with one attached hydrogen (secondary N) is 1. The molecule has 0 aliphatic heterocycles. The fraction of sp³-hybridized carbons (Fsp3) is 0.250. The number of thioether (sulfide) groups is 1. The number of fused-ring (bicyclic) bond motifs is 1. The number of anilines is 1. The van der Waals surface area contributed by atoms with E-state index in [9.17, 15) is 4.79 Å². The molecule has 0 unspecified atom stereocenters. The molecule has 4 rings (SSSR count). The van der Waals surface area contributed by atoms with Gasteiger partial charge in [0.2, 0.25) is 5.91 Å². The predicted molar refractivity (Wildman–Crippen MR) is 109 cm³/mol. The Morgan fingerprint density at radius 1 is 1.15 bits per heavy atom. The van der Waals surface area contributed by atoms with Crippen molar-refractivity contribution >= 4 is 35.0 Å². The average molecular weight is 399 g/mol. The summed E-state index contributed by atoms with van der Waals surface area (Å²) < 4.78 is 1.89. The van der Waals surface area contributed by atoms with Crippen LogP contribution in [0.2, 0.25) is 5.02 Å². The van der Waals surface area contributed by atoms with Gasteiger partial charge in [0, 0.05) is 23.3 Å². The summed E-state index contributed by atoms with van der Waals surface area (Å²) in [6.45, 7) is 0. The molecule has 1 aromatic heterocycles. The molecule has 27 heavy (non-hydrogen) atoms. The Kier molecular flexibility index (Phi) is 5.18. The summed E-state index contributed by atoms with van der Waals surface area (Å²) in [5.74, 6) is 0.978. The minimum Gasteiger partial charge on any atom is -0.325 e. The molecule has 2 aromatic carbocycles. The molecule has 0 saturated heterocycles. The fourth-order valence-corrected chi connectivity index (χ4v) is 4.10. The number of rotatable bonds is 5. The summed E-state index contributed by atoms with van der Waals surface area (Å²) in [4.78, 5) is 12.3. The standard InChI is InChI=1S/C20H19ClN4OS/c1-25-19(14-5-8-16(21)9-6-14)23-24-20(25)27-12-18(26)22-17-10-7-13-3-2-4-15(13)11-17/h5-11H,2-4,12H2,1H3,(H,22,26). The Balaban J connectivity index is 1.38. The summed E-state index contributed by atoms with van der Waals surface area (Å²) in [6, 6.07) is 13.6. The van der Waals surface area contributed by atoms with Gasteiger partial charge in [-0.05, 0) is 66.8 Å². The number of aromatic nitrogens is 3. The summed E-state index contributed by atoms with van der Waals surface area (Å²) in [6.07, 6.45) is 3.44. The lowest BCUT2D eigenvalue weighted by Gasteiger charge is -2.07. The molecule has 0 bridgehead atoms. The maximum absolute atomic E-state index is 12.3. The van der Waals surface area contributed by atoms with Gasteiger partial charge in [0.25, 0.3) is 0 Å². The lowest BCUT2D eigenvalue weighted by Crippen LogP contribution is -2.14. The van der Waals surface area contributed by atoms with Crippen LogP contribution in [0.5, 0.6) is 0 Å². The first-order valence-corrected chi connectivity index (χ1v) is 10.2. The molecular formula is C20H19ClN4OS. The highest BCUT2D eigenvalue weighted by molar-refractivity contribution is 7.99. The molecule has 1 aliphatic carbocycles. The Morgan fingerprint density at radius 2 is 1.93 bits per heavy atom. The third-order valence-corrected chi connectivity index (χ3v) is 5.92. The second-order valence-corrected chi connectivity index (χ2v) is 7.92. The van der Waals surface area contributed by atoms with Gasteiger partial charge in [-0.25, -0.2) is 0 Å². The van der Waals surface area contributed by atoms with Crippen molar-refractivity contribution in [3.8, 4) is 11.4 Å². The van der Waals surface area contributed by atoms with Crippen molar-refractivity contribution in [1.82, 2.24) is 14.8 Å². The van der Waals surface area contributed by atoms with E-state index >= 15 is 0 Å². The van der Waals surface area contributed by atoms with Gasteiger partial charge in [0.1, 0.15) is 0 Å². The van der Waals surface area contributed by atoms with Crippen molar-refractivity contribution in [2.24, 2.45) is 7.05 Å². The zero-order valence-electron chi connectivity index (χ0n) is 14.9. The van der Waals surface area contributed by atoms with Gasteiger partial charge in [0.05, 0.1) is 5.75 Å². The van der Waals surface area contributed by atoms with Gasteiger partial charge in [0.15, 0.2) is 11.0 Å². The van der Waals surface area contributed by atoms with Crippen LogP contribution >= 0.6 is 23.4 Å². The Hall–Kier alpha value is -2.31. The lowest BCUT2D eigenvalue weighted by molar-refractivity contribution is -0.113. The topological polar surface area (TPSA) is 59.8 Å². The minimum atomic E-state index is -0.0472. The van der Waals surface area contributed by atoms with Gasteiger partial charge in [-0.3, -0.25) is 4.79 Å². The van der Waals surface area contributed by atoms with Crippen LogP contribution in [-0.4, -0.2) is 26.4 Å². The summed E-state index contributed by atoms with van der Waals surface area (Å²) in [7, 11) is 1.89. The number of amides is 1. The number of carbonyl (C=O) groups excluding carboxylic acids is 1. The first kappa shape index (κ1) is 18.1. The number of carbonyl (C=O) groups is 1. The van der Waals surface area contributed by atoms with Gasteiger partial charge in [-0.2, -0.15) is 0 Å². The highest BCUT2D eigenvalue weighted by atomic mass is 35.5. The number of hydrogen-bond donors (Lipinski definition) is 1. The van der Waals surface area contributed by atoms with E-state index in [0.29, 0.717) is 10.2 Å². The highest BCUT2D eigenvalue weighted by Crippen LogP contribution is 2.26. The predicted octanol–water partition coefficient (Wildman–Crippen LogP) is 4.36. The quantitative estimate of drug-likeness (QED) is 0.649. The molecule has 0 atom stereocenters. The smallest absolute Gasteiger partial charge is 0.234 e. The van der Waals surface area contributed by atoms with E-state index in [1.807, 2.05) is 41.9 Å². The molecule has 1 amide bonds. The fourth-order valence-electron chi connectivity index (χ4n) is 3.27. The van der Waals surface area contributed by atoms with E-state index in [1.54, 1.807) is 0 Å². The van der Waals surface area contributed by atoms with Gasteiger partial charge in [-0.1, -0.05) is 29.4 Å². The average Bonchev–Trinajstić information content (AvgIpc) is 3.27. The molecule has 1 aliphatic rings. The van der Waals surface area contributed by atoms with Crippen LogP contribution in [0.15, 0.2) is 47.6 Å². The molecule has 0 spiro atoms. The number of hydrogen-bond acceptors (Lipinski definition) is 4. The number of aryl methyl sites for hydroxylation is 2. The summed E-state index contributed by atoms with van der Waals surface area (Å²) >= 11 is 7.30. The van der Waals surface area contributed by atoms with E-state index in [4.69, 9.17) is 11.6 Å². The van der Waals surface area contributed by atoms with Crippen LogP contribution in [-0.2, 0) is 24.7 Å². The first-order valence-electron chi connectivity index (χ1n) is 8.80.